The van der Waals surface area contributed by atoms with Gasteiger partial charge in [0.15, 0.2) is 0 Å². The molecule has 120 valence electrons. The molecular weight excluding hydrogens is 314 g/mol. The Balaban J connectivity index is 2.03. The number of sulfonamides is 1. The molecule has 2 heterocycles. The van der Waals surface area contributed by atoms with E-state index in [9.17, 15) is 8.42 Å². The smallest absolute Gasteiger partial charge is 0.210 e. The number of nitrogens with zero attached hydrogens (tertiary/aromatic N) is 2. The first-order valence-electron chi connectivity index (χ1n) is 7.07. The lowest BCUT2D eigenvalue weighted by atomic mass is 10.1. The number of nitrogens with one attached hydrogen (secondary N) is 2. The highest BCUT2D eigenvalue weighted by Crippen LogP contribution is 2.28. The number of fused-ring (bicyclic) bond motifs is 1. The van der Waals surface area contributed by atoms with Crippen LogP contribution < -0.4 is 10.5 Å². The Morgan fingerprint density at radius 2 is 2.13 bits per heavy atom. The Hall–Kier alpha value is -2.45. The first kappa shape index (κ1) is 15.4. The molecular formula is C15H17N5O2S. The number of primary sulfonamides is 1. The minimum Gasteiger partial charge on any atom is -0.383 e. The van der Waals surface area contributed by atoms with Gasteiger partial charge in [0, 0.05) is 29.4 Å². The molecule has 0 aliphatic carbocycles. The summed E-state index contributed by atoms with van der Waals surface area (Å²) in [6.45, 7) is 2.23. The monoisotopic (exact) mass is 331 g/mol. The number of aryl methyl sites for hydroxylation is 1. The van der Waals surface area contributed by atoms with Crippen molar-refractivity contribution in [1.29, 1.82) is 0 Å². The molecule has 8 heteroatoms. The van der Waals surface area contributed by atoms with Crippen LogP contribution in [0, 0.1) is 6.92 Å². The molecule has 3 rings (SSSR count). The Labute approximate surface area is 134 Å². The second kappa shape index (κ2) is 5.98. The van der Waals surface area contributed by atoms with Crippen LogP contribution >= 0.6 is 0 Å². The van der Waals surface area contributed by atoms with Gasteiger partial charge in [-0.1, -0.05) is 11.6 Å². The van der Waals surface area contributed by atoms with Gasteiger partial charge in [-0.3, -0.25) is 5.10 Å². The average molecular weight is 331 g/mol. The molecule has 23 heavy (non-hydrogen) atoms. The predicted octanol–water partition coefficient (Wildman–Crippen LogP) is 1.63. The van der Waals surface area contributed by atoms with E-state index in [-0.39, 0.29) is 12.3 Å². The molecule has 0 spiro atoms. The Bertz CT molecular complexity index is 936. The summed E-state index contributed by atoms with van der Waals surface area (Å²) in [4.78, 5) is 4.63. The van der Waals surface area contributed by atoms with Crippen LogP contribution in [0.5, 0.6) is 0 Å². The third kappa shape index (κ3) is 3.66. The lowest BCUT2D eigenvalue weighted by molar-refractivity contribution is 0.598. The van der Waals surface area contributed by atoms with E-state index in [0.717, 1.165) is 33.4 Å². The van der Waals surface area contributed by atoms with Gasteiger partial charge in [0.2, 0.25) is 10.0 Å². The minimum absolute atomic E-state index is 0.135. The molecule has 0 bridgehead atoms. The highest BCUT2D eigenvalue weighted by molar-refractivity contribution is 7.89. The summed E-state index contributed by atoms with van der Waals surface area (Å²) < 4.78 is 22.2. The molecule has 4 N–H and O–H groups in total. The standard InChI is InChI=1S/C15H17N5O2S/c1-10-2-3-13-12(6-10)15(17-4-5-23(16,21)22)7-14(20-13)11-8-18-19-9-11/h2-3,6-9H,4-5H2,1H3,(H,17,20)(H,18,19)(H2,16,21,22). The van der Waals surface area contributed by atoms with Crippen LogP contribution in [0.4, 0.5) is 5.69 Å². The summed E-state index contributed by atoms with van der Waals surface area (Å²) in [6, 6.07) is 7.83. The number of rotatable bonds is 5. The van der Waals surface area contributed by atoms with Crippen molar-refractivity contribution in [1.82, 2.24) is 15.2 Å². The zero-order valence-electron chi connectivity index (χ0n) is 12.6. The van der Waals surface area contributed by atoms with E-state index in [1.54, 1.807) is 12.4 Å². The summed E-state index contributed by atoms with van der Waals surface area (Å²) >= 11 is 0. The van der Waals surface area contributed by atoms with E-state index in [2.05, 4.69) is 20.5 Å². The molecule has 0 radical (unpaired) electrons. The molecule has 0 aliphatic heterocycles. The quantitative estimate of drug-likeness (QED) is 0.657. The highest BCUT2D eigenvalue weighted by Gasteiger charge is 2.10. The van der Waals surface area contributed by atoms with Crippen LogP contribution in [0.1, 0.15) is 5.56 Å². The summed E-state index contributed by atoms with van der Waals surface area (Å²) in [5.74, 6) is -0.135. The first-order chi connectivity index (χ1) is 10.9. The topological polar surface area (TPSA) is 114 Å². The number of benzene rings is 1. The fourth-order valence-corrected chi connectivity index (χ4v) is 2.74. The normalized spacial score (nSPS) is 11.7. The van der Waals surface area contributed by atoms with E-state index < -0.39 is 10.0 Å². The fraction of sp³-hybridized carbons (Fsp3) is 0.200. The summed E-state index contributed by atoms with van der Waals surface area (Å²) in [5, 5.41) is 15.8. The van der Waals surface area contributed by atoms with Gasteiger partial charge in [0.05, 0.1) is 23.2 Å². The molecule has 0 amide bonds. The average Bonchev–Trinajstić information content (AvgIpc) is 3.00. The maximum Gasteiger partial charge on any atom is 0.210 e. The second-order valence-electron chi connectivity index (χ2n) is 5.36. The number of H-pyrrole nitrogens is 1. The van der Waals surface area contributed by atoms with Gasteiger partial charge in [-0.15, -0.1) is 0 Å². The summed E-state index contributed by atoms with van der Waals surface area (Å²) in [5.41, 5.74) is 4.37. The molecule has 0 saturated heterocycles. The second-order valence-corrected chi connectivity index (χ2v) is 7.09. The number of aromatic amines is 1. The molecule has 0 atom stereocenters. The van der Waals surface area contributed by atoms with Crippen LogP contribution in [-0.2, 0) is 10.0 Å². The van der Waals surface area contributed by atoms with Gasteiger partial charge in [0.25, 0.3) is 0 Å². The highest BCUT2D eigenvalue weighted by atomic mass is 32.2. The number of aromatic nitrogens is 3. The number of pyridine rings is 1. The van der Waals surface area contributed by atoms with E-state index in [1.807, 2.05) is 31.2 Å². The van der Waals surface area contributed by atoms with Crippen LogP contribution in [0.25, 0.3) is 22.2 Å². The number of hydrogen-bond donors (Lipinski definition) is 3. The SMILES string of the molecule is Cc1ccc2nc(-c3cn[nH]c3)cc(NCCS(N)(=O)=O)c2c1. The third-order valence-electron chi connectivity index (χ3n) is 3.46. The van der Waals surface area contributed by atoms with Gasteiger partial charge in [-0.05, 0) is 25.1 Å². The first-order valence-corrected chi connectivity index (χ1v) is 8.79. The molecule has 0 fully saturated rings. The molecule has 3 aromatic rings. The van der Waals surface area contributed by atoms with Crippen molar-refractivity contribution >= 4 is 26.6 Å². The van der Waals surface area contributed by atoms with Gasteiger partial charge in [-0.25, -0.2) is 18.5 Å². The van der Waals surface area contributed by atoms with Gasteiger partial charge in [-0.2, -0.15) is 5.10 Å². The van der Waals surface area contributed by atoms with Gasteiger partial charge in [0.1, 0.15) is 0 Å². The zero-order chi connectivity index (χ0) is 16.4. The Morgan fingerprint density at radius 3 is 2.83 bits per heavy atom. The van der Waals surface area contributed by atoms with Crippen molar-refractivity contribution in [3.8, 4) is 11.3 Å². The van der Waals surface area contributed by atoms with Crippen LogP contribution in [-0.4, -0.2) is 35.9 Å². The van der Waals surface area contributed by atoms with Crippen molar-refractivity contribution < 1.29 is 8.42 Å². The molecule has 0 unspecified atom stereocenters. The van der Waals surface area contributed by atoms with Crippen molar-refractivity contribution in [3.63, 3.8) is 0 Å². The molecule has 0 aliphatic rings. The van der Waals surface area contributed by atoms with Gasteiger partial charge >= 0.3 is 0 Å². The maximum absolute atomic E-state index is 11.1. The van der Waals surface area contributed by atoms with Crippen LogP contribution in [0.15, 0.2) is 36.7 Å². The van der Waals surface area contributed by atoms with E-state index in [4.69, 9.17) is 5.14 Å². The lowest BCUT2D eigenvalue weighted by Crippen LogP contribution is -2.22. The summed E-state index contributed by atoms with van der Waals surface area (Å²) in [7, 11) is -3.50. The number of hydrogen-bond acceptors (Lipinski definition) is 5. The molecule has 0 saturated carbocycles. The largest absolute Gasteiger partial charge is 0.383 e. The van der Waals surface area contributed by atoms with Crippen molar-refractivity contribution in [2.45, 2.75) is 6.92 Å². The lowest BCUT2D eigenvalue weighted by Gasteiger charge is -2.12. The van der Waals surface area contributed by atoms with Crippen molar-refractivity contribution in [2.24, 2.45) is 5.14 Å². The summed E-state index contributed by atoms with van der Waals surface area (Å²) in [6.07, 6.45) is 3.45. The van der Waals surface area contributed by atoms with E-state index in [1.165, 1.54) is 0 Å². The third-order valence-corrected chi connectivity index (χ3v) is 4.23. The number of nitrogens with two attached hydrogens (primary N) is 1. The van der Waals surface area contributed by atoms with E-state index >= 15 is 0 Å². The maximum atomic E-state index is 11.1. The van der Waals surface area contributed by atoms with Crippen molar-refractivity contribution in [2.75, 3.05) is 17.6 Å². The minimum atomic E-state index is -3.50. The van der Waals surface area contributed by atoms with Gasteiger partial charge < -0.3 is 5.32 Å². The molecule has 7 nitrogen and oxygen atoms in total. The van der Waals surface area contributed by atoms with Crippen molar-refractivity contribution in [3.05, 3.63) is 42.2 Å². The Kier molecular flexibility index (Phi) is 4.01. The molecule has 1 aromatic carbocycles. The fourth-order valence-electron chi connectivity index (χ4n) is 2.35. The van der Waals surface area contributed by atoms with E-state index in [0.29, 0.717) is 0 Å². The molecule has 2 aromatic heterocycles. The predicted molar refractivity (Wildman–Crippen MR) is 90.5 cm³/mol. The van der Waals surface area contributed by atoms with Crippen LogP contribution in [0.3, 0.4) is 0 Å². The zero-order valence-corrected chi connectivity index (χ0v) is 13.4. The number of anilines is 1. The Morgan fingerprint density at radius 1 is 1.30 bits per heavy atom. The van der Waals surface area contributed by atoms with Crippen LogP contribution in [0.2, 0.25) is 0 Å².